The Kier molecular flexibility index (Phi) is 8.29. The average molecular weight is 369 g/mol. The Balaban J connectivity index is 1.86. The van der Waals surface area contributed by atoms with Crippen LogP contribution >= 0.6 is 0 Å². The number of nitrogens with zero attached hydrogens (tertiary/aromatic N) is 1. The number of benzene rings is 1. The number of ether oxygens (including phenoxy) is 1. The van der Waals surface area contributed by atoms with Gasteiger partial charge in [-0.1, -0.05) is 31.9 Å². The van der Waals surface area contributed by atoms with E-state index < -0.39 is 0 Å². The van der Waals surface area contributed by atoms with Gasteiger partial charge in [-0.15, -0.1) is 0 Å². The van der Waals surface area contributed by atoms with E-state index in [0.29, 0.717) is 25.1 Å². The van der Waals surface area contributed by atoms with Crippen molar-refractivity contribution in [1.82, 2.24) is 15.6 Å². The summed E-state index contributed by atoms with van der Waals surface area (Å²) in [4.78, 5) is 28.5. The zero-order chi connectivity index (χ0) is 19.5. The lowest BCUT2D eigenvalue weighted by Gasteiger charge is -2.08. The van der Waals surface area contributed by atoms with Crippen molar-refractivity contribution in [3.8, 4) is 5.75 Å². The Morgan fingerprint density at radius 1 is 1.04 bits per heavy atom. The Morgan fingerprint density at radius 2 is 1.85 bits per heavy atom. The van der Waals surface area contributed by atoms with Gasteiger partial charge in [0.25, 0.3) is 11.8 Å². The molecule has 27 heavy (non-hydrogen) atoms. The van der Waals surface area contributed by atoms with Crippen molar-refractivity contribution in [2.24, 2.45) is 0 Å². The molecular formula is C21H27N3O3. The van der Waals surface area contributed by atoms with E-state index in [1.165, 1.54) is 12.3 Å². The maximum absolute atomic E-state index is 12.3. The number of amides is 2. The number of carbonyl (C=O) groups is 2. The van der Waals surface area contributed by atoms with Crippen molar-refractivity contribution in [2.45, 2.75) is 32.6 Å². The van der Waals surface area contributed by atoms with Gasteiger partial charge in [0.2, 0.25) is 0 Å². The van der Waals surface area contributed by atoms with Gasteiger partial charge < -0.3 is 15.4 Å². The van der Waals surface area contributed by atoms with E-state index in [9.17, 15) is 9.59 Å². The minimum Gasteiger partial charge on any atom is -0.497 e. The highest BCUT2D eigenvalue weighted by Crippen LogP contribution is 2.12. The van der Waals surface area contributed by atoms with E-state index in [-0.39, 0.29) is 17.5 Å². The fourth-order valence-corrected chi connectivity index (χ4v) is 2.61. The van der Waals surface area contributed by atoms with E-state index in [1.54, 1.807) is 13.2 Å². The third kappa shape index (κ3) is 6.73. The summed E-state index contributed by atoms with van der Waals surface area (Å²) in [6.45, 7) is 3.22. The molecule has 0 fully saturated rings. The number of nitrogens with one attached hydrogen (secondary N) is 2. The molecule has 2 amide bonds. The zero-order valence-corrected chi connectivity index (χ0v) is 16.0. The number of hydrogen-bond donors (Lipinski definition) is 2. The van der Waals surface area contributed by atoms with Crippen LogP contribution in [0, 0.1) is 0 Å². The number of aromatic nitrogens is 1. The summed E-state index contributed by atoms with van der Waals surface area (Å²) in [5, 5.41) is 5.70. The SMILES string of the molecule is CCCCCNC(=O)c1cc(C(=O)NCCc2cccc(OC)c2)ccn1. The second kappa shape index (κ2) is 11.0. The van der Waals surface area contributed by atoms with Crippen LogP contribution in [0.2, 0.25) is 0 Å². The minimum atomic E-state index is -0.253. The topological polar surface area (TPSA) is 80.3 Å². The highest BCUT2D eigenvalue weighted by molar-refractivity contribution is 5.98. The van der Waals surface area contributed by atoms with Gasteiger partial charge in [0.1, 0.15) is 11.4 Å². The van der Waals surface area contributed by atoms with Crippen LogP contribution in [0.1, 0.15) is 52.6 Å². The van der Waals surface area contributed by atoms with Crippen LogP contribution in [0.25, 0.3) is 0 Å². The molecule has 0 aliphatic rings. The molecule has 0 saturated carbocycles. The Bertz CT molecular complexity index is 762. The number of hydrogen-bond acceptors (Lipinski definition) is 4. The lowest BCUT2D eigenvalue weighted by Crippen LogP contribution is -2.28. The van der Waals surface area contributed by atoms with Crippen LogP contribution < -0.4 is 15.4 Å². The fraction of sp³-hybridized carbons (Fsp3) is 0.381. The number of methoxy groups -OCH3 is 1. The molecule has 6 heteroatoms. The van der Waals surface area contributed by atoms with E-state index in [1.807, 2.05) is 24.3 Å². The fourth-order valence-electron chi connectivity index (χ4n) is 2.61. The molecule has 0 saturated heterocycles. The van der Waals surface area contributed by atoms with Gasteiger partial charge in [-0.05, 0) is 42.7 Å². The van der Waals surface area contributed by atoms with Gasteiger partial charge in [-0.3, -0.25) is 14.6 Å². The van der Waals surface area contributed by atoms with Crippen LogP contribution in [0.15, 0.2) is 42.6 Å². The Morgan fingerprint density at radius 3 is 2.63 bits per heavy atom. The van der Waals surface area contributed by atoms with Crippen molar-refractivity contribution in [3.05, 3.63) is 59.4 Å². The first-order valence-corrected chi connectivity index (χ1v) is 9.29. The third-order valence-electron chi connectivity index (χ3n) is 4.15. The third-order valence-corrected chi connectivity index (χ3v) is 4.15. The molecule has 0 spiro atoms. The molecule has 0 radical (unpaired) electrons. The van der Waals surface area contributed by atoms with Crippen molar-refractivity contribution in [3.63, 3.8) is 0 Å². The average Bonchev–Trinajstić information content (AvgIpc) is 2.71. The summed E-state index contributed by atoms with van der Waals surface area (Å²) in [5.74, 6) is 0.319. The lowest BCUT2D eigenvalue weighted by molar-refractivity contribution is 0.0948. The van der Waals surface area contributed by atoms with Crippen molar-refractivity contribution in [2.75, 3.05) is 20.2 Å². The molecule has 6 nitrogen and oxygen atoms in total. The van der Waals surface area contributed by atoms with Gasteiger partial charge >= 0.3 is 0 Å². The molecule has 0 atom stereocenters. The zero-order valence-electron chi connectivity index (χ0n) is 16.0. The summed E-state index contributed by atoms with van der Waals surface area (Å²) in [6.07, 6.45) is 5.28. The summed E-state index contributed by atoms with van der Waals surface area (Å²) in [5.41, 5.74) is 1.76. The largest absolute Gasteiger partial charge is 0.497 e. The molecule has 2 aromatic rings. The molecular weight excluding hydrogens is 342 g/mol. The highest BCUT2D eigenvalue weighted by Gasteiger charge is 2.11. The monoisotopic (exact) mass is 369 g/mol. The molecule has 0 bridgehead atoms. The first-order chi connectivity index (χ1) is 13.1. The molecule has 0 unspecified atom stereocenters. The van der Waals surface area contributed by atoms with Gasteiger partial charge in [-0.25, -0.2) is 0 Å². The van der Waals surface area contributed by atoms with Crippen LogP contribution in [0.5, 0.6) is 5.75 Å². The van der Waals surface area contributed by atoms with Gasteiger partial charge in [0, 0.05) is 24.8 Å². The van der Waals surface area contributed by atoms with E-state index in [2.05, 4.69) is 22.5 Å². The Hall–Kier alpha value is -2.89. The molecule has 1 aromatic carbocycles. The lowest BCUT2D eigenvalue weighted by atomic mass is 10.1. The highest BCUT2D eigenvalue weighted by atomic mass is 16.5. The number of carbonyl (C=O) groups excluding carboxylic acids is 2. The second-order valence-electron chi connectivity index (χ2n) is 6.25. The van der Waals surface area contributed by atoms with E-state index in [4.69, 9.17) is 4.74 Å². The summed E-state index contributed by atoms with van der Waals surface area (Å²) < 4.78 is 5.20. The quantitative estimate of drug-likeness (QED) is 0.631. The Labute approximate surface area is 160 Å². The second-order valence-corrected chi connectivity index (χ2v) is 6.25. The van der Waals surface area contributed by atoms with Crippen molar-refractivity contribution < 1.29 is 14.3 Å². The molecule has 2 rings (SSSR count). The molecule has 144 valence electrons. The molecule has 1 heterocycles. The smallest absolute Gasteiger partial charge is 0.269 e. The molecule has 1 aromatic heterocycles. The first-order valence-electron chi connectivity index (χ1n) is 9.29. The molecule has 0 aliphatic heterocycles. The maximum Gasteiger partial charge on any atom is 0.269 e. The van der Waals surface area contributed by atoms with E-state index >= 15 is 0 Å². The van der Waals surface area contributed by atoms with Gasteiger partial charge in [0.05, 0.1) is 7.11 Å². The minimum absolute atomic E-state index is 0.222. The number of pyridine rings is 1. The molecule has 2 N–H and O–H groups in total. The summed E-state index contributed by atoms with van der Waals surface area (Å²) in [6, 6.07) is 10.9. The summed E-state index contributed by atoms with van der Waals surface area (Å²) in [7, 11) is 1.63. The van der Waals surface area contributed by atoms with Crippen LogP contribution in [-0.2, 0) is 6.42 Å². The predicted molar refractivity (Wildman–Crippen MR) is 105 cm³/mol. The van der Waals surface area contributed by atoms with Crippen molar-refractivity contribution in [1.29, 1.82) is 0 Å². The number of unbranched alkanes of at least 4 members (excludes halogenated alkanes) is 2. The van der Waals surface area contributed by atoms with Crippen LogP contribution in [0.4, 0.5) is 0 Å². The number of rotatable bonds is 10. The predicted octanol–water partition coefficient (Wildman–Crippen LogP) is 2.98. The maximum atomic E-state index is 12.3. The molecule has 0 aliphatic carbocycles. The van der Waals surface area contributed by atoms with Gasteiger partial charge in [0.15, 0.2) is 0 Å². The van der Waals surface area contributed by atoms with Crippen LogP contribution in [-0.4, -0.2) is 37.0 Å². The van der Waals surface area contributed by atoms with Crippen LogP contribution in [0.3, 0.4) is 0 Å². The van der Waals surface area contributed by atoms with Crippen molar-refractivity contribution >= 4 is 11.8 Å². The van der Waals surface area contributed by atoms with E-state index in [0.717, 1.165) is 30.6 Å². The normalized spacial score (nSPS) is 10.3. The standard InChI is InChI=1S/C21H27N3O3/c1-3-4-5-11-23-21(26)19-15-17(10-13-22-19)20(25)24-12-9-16-7-6-8-18(14-16)27-2/h6-8,10,13-15H,3-5,9,11-12H2,1-2H3,(H,23,26)(H,24,25). The summed E-state index contributed by atoms with van der Waals surface area (Å²) >= 11 is 0. The first kappa shape index (κ1) is 20.4. The van der Waals surface area contributed by atoms with Gasteiger partial charge in [-0.2, -0.15) is 0 Å².